The predicted molar refractivity (Wildman–Crippen MR) is 102 cm³/mol. The van der Waals surface area contributed by atoms with Gasteiger partial charge in [0.2, 0.25) is 0 Å². The van der Waals surface area contributed by atoms with E-state index in [9.17, 15) is 10.1 Å². The molecule has 134 valence electrons. The van der Waals surface area contributed by atoms with Gasteiger partial charge in [0, 0.05) is 28.9 Å². The molecule has 0 aliphatic carbocycles. The third-order valence-electron chi connectivity index (χ3n) is 4.06. The van der Waals surface area contributed by atoms with Crippen LogP contribution in [0.15, 0.2) is 54.7 Å². The molecule has 27 heavy (non-hydrogen) atoms. The Morgan fingerprint density at radius 2 is 1.96 bits per heavy atom. The summed E-state index contributed by atoms with van der Waals surface area (Å²) in [5.41, 5.74) is 7.85. The predicted octanol–water partition coefficient (Wildman–Crippen LogP) is 3.69. The molecule has 2 heterocycles. The minimum absolute atomic E-state index is 0.0426. The number of nitrogens with two attached hydrogens (primary N) is 1. The number of benzene rings is 2. The largest absolute Gasteiger partial charge is 0.383 e. The lowest BCUT2D eigenvalue weighted by Crippen LogP contribution is -2.00. The zero-order chi connectivity index (χ0) is 19.0. The Kier molecular flexibility index (Phi) is 4.17. The van der Waals surface area contributed by atoms with Gasteiger partial charge in [0.05, 0.1) is 16.9 Å². The molecule has 2 aromatic carbocycles. The van der Waals surface area contributed by atoms with Gasteiger partial charge in [-0.3, -0.25) is 14.8 Å². The highest BCUT2D eigenvalue weighted by Gasteiger charge is 2.14. The maximum absolute atomic E-state index is 11.0. The van der Waals surface area contributed by atoms with Gasteiger partial charge >= 0.3 is 0 Å². The van der Waals surface area contributed by atoms with Crippen LogP contribution in [0, 0.1) is 10.1 Å². The fourth-order valence-corrected chi connectivity index (χ4v) is 2.94. The number of halogens is 1. The summed E-state index contributed by atoms with van der Waals surface area (Å²) in [6, 6.07) is 13.6. The Labute approximate surface area is 158 Å². The number of nitro groups is 1. The summed E-state index contributed by atoms with van der Waals surface area (Å²) in [6.07, 6.45) is 1.76. The van der Waals surface area contributed by atoms with Crippen molar-refractivity contribution in [1.29, 1.82) is 0 Å². The van der Waals surface area contributed by atoms with E-state index in [2.05, 4.69) is 15.1 Å². The van der Waals surface area contributed by atoms with E-state index in [1.54, 1.807) is 23.0 Å². The van der Waals surface area contributed by atoms with E-state index in [-0.39, 0.29) is 17.3 Å². The first kappa shape index (κ1) is 16.9. The van der Waals surface area contributed by atoms with Crippen LogP contribution in [0.2, 0.25) is 5.02 Å². The average molecular weight is 381 g/mol. The number of fused-ring (bicyclic) bond motifs is 1. The van der Waals surface area contributed by atoms with Crippen LogP contribution in [0.1, 0.15) is 5.56 Å². The van der Waals surface area contributed by atoms with E-state index in [4.69, 9.17) is 17.3 Å². The fourth-order valence-electron chi connectivity index (χ4n) is 2.74. The molecule has 0 fully saturated rings. The van der Waals surface area contributed by atoms with Gasteiger partial charge in [0.1, 0.15) is 5.82 Å². The fraction of sp³-hybridized carbons (Fsp3) is 0.0556. The number of hydrogen-bond acceptors (Lipinski definition) is 6. The van der Waals surface area contributed by atoms with Crippen molar-refractivity contribution in [3.63, 3.8) is 0 Å². The maximum Gasteiger partial charge on any atom is 0.270 e. The molecule has 8 nitrogen and oxygen atoms in total. The molecular formula is C18H13ClN6O2. The van der Waals surface area contributed by atoms with Crippen molar-refractivity contribution in [2.45, 2.75) is 6.54 Å². The van der Waals surface area contributed by atoms with Crippen LogP contribution in [0.5, 0.6) is 0 Å². The van der Waals surface area contributed by atoms with Crippen LogP contribution in [0.4, 0.5) is 11.5 Å². The minimum Gasteiger partial charge on any atom is -0.383 e. The number of non-ortho nitro benzene ring substituents is 1. The number of nitro benzene ring substituents is 1. The van der Waals surface area contributed by atoms with Crippen molar-refractivity contribution in [3.8, 4) is 11.4 Å². The first-order valence-corrected chi connectivity index (χ1v) is 8.38. The van der Waals surface area contributed by atoms with Crippen molar-refractivity contribution in [2.75, 3.05) is 5.73 Å². The summed E-state index contributed by atoms with van der Waals surface area (Å²) in [4.78, 5) is 19.2. The lowest BCUT2D eigenvalue weighted by molar-refractivity contribution is -0.384. The normalized spacial score (nSPS) is 11.0. The quantitative estimate of drug-likeness (QED) is 0.426. The van der Waals surface area contributed by atoms with Crippen molar-refractivity contribution in [3.05, 3.63) is 75.4 Å². The Balaban J connectivity index is 1.75. The second kappa shape index (κ2) is 6.65. The zero-order valence-corrected chi connectivity index (χ0v) is 14.7. The molecule has 0 bridgehead atoms. The molecule has 0 aliphatic rings. The first-order valence-electron chi connectivity index (χ1n) is 8.00. The van der Waals surface area contributed by atoms with Gasteiger partial charge in [-0.2, -0.15) is 5.10 Å². The monoisotopic (exact) mass is 380 g/mol. The third kappa shape index (κ3) is 3.30. The molecule has 0 saturated heterocycles. The van der Waals surface area contributed by atoms with Crippen molar-refractivity contribution < 1.29 is 4.92 Å². The Morgan fingerprint density at radius 3 is 2.74 bits per heavy atom. The average Bonchev–Trinajstić information content (AvgIpc) is 3.07. The molecule has 0 aliphatic heterocycles. The molecule has 0 saturated carbocycles. The van der Waals surface area contributed by atoms with E-state index >= 15 is 0 Å². The standard InChI is InChI=1S/C18H13ClN6O2/c19-15-7-2-1-4-12(15)9-24-10-14-16(20)21-17(22-18(14)23-24)11-5-3-6-13(8-11)25(26)27/h1-8,10H,9H2,(H2,20,21,22,23). The highest BCUT2D eigenvalue weighted by Crippen LogP contribution is 2.25. The van der Waals surface area contributed by atoms with Gasteiger partial charge in [0.25, 0.3) is 5.69 Å². The molecule has 9 heteroatoms. The SMILES string of the molecule is Nc1nc(-c2cccc([N+](=O)[O-])c2)nc2nn(Cc3ccccc3Cl)cc12. The number of hydrogen-bond donors (Lipinski definition) is 1. The molecule has 2 N–H and O–H groups in total. The summed E-state index contributed by atoms with van der Waals surface area (Å²) >= 11 is 6.20. The number of nitrogen functional groups attached to an aromatic ring is 1. The van der Waals surface area contributed by atoms with Crippen LogP contribution in [0.3, 0.4) is 0 Å². The van der Waals surface area contributed by atoms with Crippen LogP contribution in [-0.4, -0.2) is 24.7 Å². The van der Waals surface area contributed by atoms with Gasteiger partial charge in [0.15, 0.2) is 11.5 Å². The number of nitrogens with zero attached hydrogens (tertiary/aromatic N) is 5. The van der Waals surface area contributed by atoms with Crippen LogP contribution in [-0.2, 0) is 6.54 Å². The zero-order valence-electron chi connectivity index (χ0n) is 13.9. The van der Waals surface area contributed by atoms with Gasteiger partial charge in [-0.25, -0.2) is 9.97 Å². The summed E-state index contributed by atoms with van der Waals surface area (Å²) in [5.74, 6) is 0.540. The Bertz CT molecular complexity index is 1170. The molecule has 0 amide bonds. The van der Waals surface area contributed by atoms with Crippen molar-refractivity contribution in [2.24, 2.45) is 0 Å². The van der Waals surface area contributed by atoms with E-state index in [1.807, 2.05) is 24.3 Å². The number of rotatable bonds is 4. The van der Waals surface area contributed by atoms with E-state index < -0.39 is 4.92 Å². The van der Waals surface area contributed by atoms with Gasteiger partial charge in [-0.05, 0) is 11.6 Å². The first-order chi connectivity index (χ1) is 13.0. The summed E-state index contributed by atoms with van der Waals surface area (Å²) < 4.78 is 1.69. The highest BCUT2D eigenvalue weighted by molar-refractivity contribution is 6.31. The van der Waals surface area contributed by atoms with Crippen LogP contribution < -0.4 is 5.73 Å². The molecule has 0 spiro atoms. The molecule has 0 atom stereocenters. The van der Waals surface area contributed by atoms with Gasteiger partial charge in [-0.1, -0.05) is 41.9 Å². The van der Waals surface area contributed by atoms with Crippen LogP contribution in [0.25, 0.3) is 22.4 Å². The van der Waals surface area contributed by atoms with E-state index in [1.165, 1.54) is 12.1 Å². The topological polar surface area (TPSA) is 113 Å². The van der Waals surface area contributed by atoms with Gasteiger partial charge < -0.3 is 5.73 Å². The lowest BCUT2D eigenvalue weighted by atomic mass is 10.2. The molecule has 0 radical (unpaired) electrons. The maximum atomic E-state index is 11.0. The van der Waals surface area contributed by atoms with E-state index in [0.717, 1.165) is 5.56 Å². The summed E-state index contributed by atoms with van der Waals surface area (Å²) in [7, 11) is 0. The minimum atomic E-state index is -0.469. The number of aromatic nitrogens is 4. The lowest BCUT2D eigenvalue weighted by Gasteiger charge is -2.03. The van der Waals surface area contributed by atoms with Gasteiger partial charge in [-0.15, -0.1) is 0 Å². The molecular weight excluding hydrogens is 368 g/mol. The molecule has 0 unspecified atom stereocenters. The van der Waals surface area contributed by atoms with Crippen LogP contribution >= 0.6 is 11.6 Å². The third-order valence-corrected chi connectivity index (χ3v) is 4.43. The van der Waals surface area contributed by atoms with Crippen molar-refractivity contribution in [1.82, 2.24) is 19.7 Å². The second-order valence-electron chi connectivity index (χ2n) is 5.90. The second-order valence-corrected chi connectivity index (χ2v) is 6.30. The Morgan fingerprint density at radius 1 is 1.15 bits per heavy atom. The Hall–Kier alpha value is -3.52. The van der Waals surface area contributed by atoms with E-state index in [0.29, 0.717) is 28.2 Å². The highest BCUT2D eigenvalue weighted by atomic mass is 35.5. The number of anilines is 1. The smallest absolute Gasteiger partial charge is 0.270 e. The summed E-state index contributed by atoms with van der Waals surface area (Å²) in [6.45, 7) is 0.460. The molecule has 4 rings (SSSR count). The van der Waals surface area contributed by atoms with Crippen molar-refractivity contribution >= 4 is 34.1 Å². The molecule has 2 aromatic heterocycles. The summed E-state index contributed by atoms with van der Waals surface area (Å²) in [5, 5.41) is 16.7. The molecule has 4 aromatic rings.